The molecule has 21 heavy (non-hydrogen) atoms. The van der Waals surface area contributed by atoms with Crippen LogP contribution in [0.25, 0.3) is 10.8 Å². The van der Waals surface area contributed by atoms with Gasteiger partial charge in [0.05, 0.1) is 11.9 Å². The molecule has 0 unspecified atom stereocenters. The molecule has 0 saturated carbocycles. The molecular weight excluding hydrogens is 278 g/mol. The molecule has 0 bridgehead atoms. The van der Waals surface area contributed by atoms with E-state index in [1.165, 1.54) is 16.3 Å². The van der Waals surface area contributed by atoms with Gasteiger partial charge in [-0.05, 0) is 40.7 Å². The molecule has 0 amide bonds. The van der Waals surface area contributed by atoms with Crippen LogP contribution in [0.1, 0.15) is 5.56 Å². The molecule has 1 aromatic heterocycles. The van der Waals surface area contributed by atoms with Gasteiger partial charge in [0.25, 0.3) is 0 Å². The topological polar surface area (TPSA) is 37.0 Å². The van der Waals surface area contributed by atoms with E-state index >= 15 is 0 Å². The third-order valence-electron chi connectivity index (χ3n) is 3.24. The zero-order valence-corrected chi connectivity index (χ0v) is 12.2. The van der Waals surface area contributed by atoms with Gasteiger partial charge in [-0.3, -0.25) is 4.98 Å². The van der Waals surface area contributed by atoms with E-state index in [4.69, 9.17) is 12.2 Å². The Morgan fingerprint density at radius 2 is 1.86 bits per heavy atom. The van der Waals surface area contributed by atoms with Crippen molar-refractivity contribution in [2.24, 2.45) is 0 Å². The summed E-state index contributed by atoms with van der Waals surface area (Å²) in [6, 6.07) is 18.4. The summed E-state index contributed by atoms with van der Waals surface area (Å²) in [5, 5.41) is 9.43. The predicted molar refractivity (Wildman–Crippen MR) is 91.2 cm³/mol. The lowest BCUT2D eigenvalue weighted by atomic mass is 10.0. The van der Waals surface area contributed by atoms with Crippen LogP contribution in [0.3, 0.4) is 0 Å². The fraction of sp³-hybridized carbons (Fsp3) is 0.0588. The van der Waals surface area contributed by atoms with E-state index in [1.807, 2.05) is 18.2 Å². The van der Waals surface area contributed by atoms with E-state index in [2.05, 4.69) is 52.0 Å². The molecule has 3 rings (SSSR count). The molecule has 4 heteroatoms. The maximum atomic E-state index is 5.31. The van der Waals surface area contributed by atoms with Crippen molar-refractivity contribution < 1.29 is 0 Å². The van der Waals surface area contributed by atoms with E-state index in [-0.39, 0.29) is 0 Å². The van der Waals surface area contributed by atoms with Crippen molar-refractivity contribution in [2.45, 2.75) is 6.54 Å². The second-order valence-electron chi connectivity index (χ2n) is 4.69. The van der Waals surface area contributed by atoms with Gasteiger partial charge in [-0.1, -0.05) is 42.5 Å². The number of thiocarbonyl (C=S) groups is 1. The SMILES string of the molecule is S=C(NCc1cccc2ccccc12)Nc1cccnc1. The van der Waals surface area contributed by atoms with Gasteiger partial charge in [0.2, 0.25) is 0 Å². The van der Waals surface area contributed by atoms with Crippen molar-refractivity contribution in [3.05, 3.63) is 72.6 Å². The summed E-state index contributed by atoms with van der Waals surface area (Å²) in [4.78, 5) is 4.05. The van der Waals surface area contributed by atoms with E-state index in [0.29, 0.717) is 11.7 Å². The smallest absolute Gasteiger partial charge is 0.171 e. The Morgan fingerprint density at radius 1 is 1.00 bits per heavy atom. The lowest BCUT2D eigenvalue weighted by Crippen LogP contribution is -2.27. The van der Waals surface area contributed by atoms with E-state index in [9.17, 15) is 0 Å². The number of rotatable bonds is 3. The molecule has 2 N–H and O–H groups in total. The summed E-state index contributed by atoms with van der Waals surface area (Å²) in [5.74, 6) is 0. The summed E-state index contributed by atoms with van der Waals surface area (Å²) < 4.78 is 0. The summed E-state index contributed by atoms with van der Waals surface area (Å²) in [6.07, 6.45) is 3.48. The largest absolute Gasteiger partial charge is 0.358 e. The minimum Gasteiger partial charge on any atom is -0.358 e. The Bertz CT molecular complexity index is 751. The minimum absolute atomic E-state index is 0.593. The number of anilines is 1. The average Bonchev–Trinajstić information content (AvgIpc) is 2.54. The Balaban J connectivity index is 1.68. The van der Waals surface area contributed by atoms with Crippen LogP contribution in [0.15, 0.2) is 67.0 Å². The predicted octanol–water partition coefficient (Wildman–Crippen LogP) is 3.72. The highest BCUT2D eigenvalue weighted by Gasteiger charge is 2.02. The van der Waals surface area contributed by atoms with Crippen molar-refractivity contribution >= 4 is 33.8 Å². The Morgan fingerprint density at radius 3 is 2.71 bits per heavy atom. The van der Waals surface area contributed by atoms with Crippen LogP contribution in [0.5, 0.6) is 0 Å². The first kappa shape index (κ1) is 13.5. The molecule has 0 aliphatic carbocycles. The molecule has 104 valence electrons. The number of hydrogen-bond acceptors (Lipinski definition) is 2. The first-order valence-corrected chi connectivity index (χ1v) is 7.15. The van der Waals surface area contributed by atoms with Crippen molar-refractivity contribution in [3.63, 3.8) is 0 Å². The monoisotopic (exact) mass is 293 g/mol. The van der Waals surface area contributed by atoms with E-state index in [1.54, 1.807) is 12.4 Å². The molecule has 0 atom stereocenters. The highest BCUT2D eigenvalue weighted by molar-refractivity contribution is 7.80. The molecule has 0 aliphatic heterocycles. The Labute approximate surface area is 129 Å². The van der Waals surface area contributed by atoms with Crippen LogP contribution in [0, 0.1) is 0 Å². The number of hydrogen-bond donors (Lipinski definition) is 2. The number of nitrogens with one attached hydrogen (secondary N) is 2. The average molecular weight is 293 g/mol. The lowest BCUT2D eigenvalue weighted by molar-refractivity contribution is 0.934. The second-order valence-corrected chi connectivity index (χ2v) is 5.10. The lowest BCUT2D eigenvalue weighted by Gasteiger charge is -2.11. The highest BCUT2D eigenvalue weighted by Crippen LogP contribution is 2.18. The van der Waals surface area contributed by atoms with Crippen LogP contribution < -0.4 is 10.6 Å². The van der Waals surface area contributed by atoms with Crippen molar-refractivity contribution in [1.82, 2.24) is 10.3 Å². The second kappa shape index (κ2) is 6.33. The highest BCUT2D eigenvalue weighted by atomic mass is 32.1. The van der Waals surface area contributed by atoms with Gasteiger partial charge in [-0.2, -0.15) is 0 Å². The normalized spacial score (nSPS) is 10.3. The maximum absolute atomic E-state index is 5.31. The molecule has 0 fully saturated rings. The van der Waals surface area contributed by atoms with Gasteiger partial charge in [0.1, 0.15) is 0 Å². The Hall–Kier alpha value is -2.46. The number of nitrogens with zero attached hydrogens (tertiary/aromatic N) is 1. The number of aromatic nitrogens is 1. The van der Waals surface area contributed by atoms with Gasteiger partial charge >= 0.3 is 0 Å². The van der Waals surface area contributed by atoms with Crippen molar-refractivity contribution in [1.29, 1.82) is 0 Å². The molecule has 0 saturated heterocycles. The molecule has 2 aromatic carbocycles. The molecule has 0 radical (unpaired) electrons. The van der Waals surface area contributed by atoms with Gasteiger partial charge in [0.15, 0.2) is 5.11 Å². The number of benzene rings is 2. The summed E-state index contributed by atoms with van der Waals surface area (Å²) in [6.45, 7) is 0.688. The molecule has 0 aliphatic rings. The third kappa shape index (κ3) is 3.35. The van der Waals surface area contributed by atoms with Crippen LogP contribution >= 0.6 is 12.2 Å². The van der Waals surface area contributed by atoms with Crippen LogP contribution in [-0.2, 0) is 6.54 Å². The van der Waals surface area contributed by atoms with Crippen molar-refractivity contribution in [2.75, 3.05) is 5.32 Å². The quantitative estimate of drug-likeness (QED) is 0.722. The Kier molecular flexibility index (Phi) is 4.07. The fourth-order valence-corrected chi connectivity index (χ4v) is 2.42. The van der Waals surface area contributed by atoms with Crippen molar-refractivity contribution in [3.8, 4) is 0 Å². The van der Waals surface area contributed by atoms with Crippen LogP contribution in [0.2, 0.25) is 0 Å². The molecular formula is C17H15N3S. The summed E-state index contributed by atoms with van der Waals surface area (Å²) >= 11 is 5.31. The fourth-order valence-electron chi connectivity index (χ4n) is 2.23. The molecule has 3 nitrogen and oxygen atoms in total. The minimum atomic E-state index is 0.593. The first-order valence-electron chi connectivity index (χ1n) is 6.74. The van der Waals surface area contributed by atoms with Gasteiger partial charge in [0, 0.05) is 12.7 Å². The summed E-state index contributed by atoms with van der Waals surface area (Å²) in [5.41, 5.74) is 2.11. The molecule has 0 spiro atoms. The number of fused-ring (bicyclic) bond motifs is 1. The zero-order valence-electron chi connectivity index (χ0n) is 11.4. The van der Waals surface area contributed by atoms with Gasteiger partial charge in [-0.15, -0.1) is 0 Å². The molecule has 3 aromatic rings. The zero-order chi connectivity index (χ0) is 14.5. The van der Waals surface area contributed by atoms with Gasteiger partial charge < -0.3 is 10.6 Å². The number of pyridine rings is 1. The third-order valence-corrected chi connectivity index (χ3v) is 3.49. The molecule has 1 heterocycles. The standard InChI is InChI=1S/C17H15N3S/c21-17(20-15-8-4-10-18-12-15)19-11-14-7-3-6-13-5-1-2-9-16(13)14/h1-10,12H,11H2,(H2,19,20,21). The summed E-state index contributed by atoms with van der Waals surface area (Å²) in [7, 11) is 0. The maximum Gasteiger partial charge on any atom is 0.171 e. The van der Waals surface area contributed by atoms with Crippen LogP contribution in [-0.4, -0.2) is 10.1 Å². The van der Waals surface area contributed by atoms with Crippen LogP contribution in [0.4, 0.5) is 5.69 Å². The van der Waals surface area contributed by atoms with Gasteiger partial charge in [-0.25, -0.2) is 0 Å². The van der Waals surface area contributed by atoms with E-state index < -0.39 is 0 Å². The van der Waals surface area contributed by atoms with E-state index in [0.717, 1.165) is 5.69 Å². The first-order chi connectivity index (χ1) is 10.3.